The Hall–Kier alpha value is -2.20. The molecule has 2 aromatic rings. The van der Waals surface area contributed by atoms with E-state index in [-0.39, 0.29) is 6.61 Å². The molecule has 0 aromatic heterocycles. The number of nitrogen functional groups attached to an aromatic ring is 1. The van der Waals surface area contributed by atoms with Crippen molar-refractivity contribution >= 4 is 17.1 Å². The predicted molar refractivity (Wildman–Crippen MR) is 77.9 cm³/mol. The van der Waals surface area contributed by atoms with Crippen molar-refractivity contribution in [3.05, 3.63) is 48.0 Å². The molecule has 0 saturated carbocycles. The zero-order valence-corrected chi connectivity index (χ0v) is 10.9. The van der Waals surface area contributed by atoms with Crippen molar-refractivity contribution in [3.63, 3.8) is 0 Å². The lowest BCUT2D eigenvalue weighted by Gasteiger charge is -2.11. The third kappa shape index (κ3) is 3.39. The average molecular weight is 258 g/mol. The Kier molecular flexibility index (Phi) is 4.26. The summed E-state index contributed by atoms with van der Waals surface area (Å²) in [6.45, 7) is 0.147. The van der Waals surface area contributed by atoms with Crippen LogP contribution in [0.4, 0.5) is 17.1 Å². The van der Waals surface area contributed by atoms with Crippen LogP contribution in [0, 0.1) is 0 Å². The SMILES string of the molecule is COc1ccc(Nc2cccc(CCO)c2)c(N)c1. The number of aliphatic hydroxyl groups is 1. The van der Waals surface area contributed by atoms with Crippen molar-refractivity contribution < 1.29 is 9.84 Å². The number of benzene rings is 2. The van der Waals surface area contributed by atoms with Crippen LogP contribution in [0.25, 0.3) is 0 Å². The Bertz CT molecular complexity index is 556. The standard InChI is InChI=1S/C15H18N2O2/c1-19-13-5-6-15(14(16)10-13)17-12-4-2-3-11(9-12)7-8-18/h2-6,9-10,17-18H,7-8,16H2,1H3. The summed E-state index contributed by atoms with van der Waals surface area (Å²) in [5, 5.41) is 12.2. The summed E-state index contributed by atoms with van der Waals surface area (Å²) in [4.78, 5) is 0. The van der Waals surface area contributed by atoms with Crippen molar-refractivity contribution in [2.45, 2.75) is 6.42 Å². The molecule has 0 bridgehead atoms. The molecular weight excluding hydrogens is 240 g/mol. The Morgan fingerprint density at radius 3 is 2.74 bits per heavy atom. The van der Waals surface area contributed by atoms with Gasteiger partial charge in [0.25, 0.3) is 0 Å². The molecule has 0 amide bonds. The fourth-order valence-electron chi connectivity index (χ4n) is 1.87. The van der Waals surface area contributed by atoms with Crippen LogP contribution in [-0.2, 0) is 6.42 Å². The van der Waals surface area contributed by atoms with Crippen molar-refractivity contribution in [1.29, 1.82) is 0 Å². The summed E-state index contributed by atoms with van der Waals surface area (Å²) in [5.41, 5.74) is 9.46. The second-order valence-corrected chi connectivity index (χ2v) is 4.25. The van der Waals surface area contributed by atoms with Gasteiger partial charge in [0, 0.05) is 18.4 Å². The molecule has 4 nitrogen and oxygen atoms in total. The molecule has 0 aliphatic heterocycles. The first-order valence-electron chi connectivity index (χ1n) is 6.13. The second-order valence-electron chi connectivity index (χ2n) is 4.25. The molecule has 0 heterocycles. The van der Waals surface area contributed by atoms with Gasteiger partial charge in [0.15, 0.2) is 0 Å². The summed E-state index contributed by atoms with van der Waals surface area (Å²) in [5.74, 6) is 0.733. The van der Waals surface area contributed by atoms with Crippen LogP contribution in [0.5, 0.6) is 5.75 Å². The number of methoxy groups -OCH3 is 1. The van der Waals surface area contributed by atoms with E-state index in [1.807, 2.05) is 36.4 Å². The number of nitrogens with two attached hydrogens (primary N) is 1. The highest BCUT2D eigenvalue weighted by atomic mass is 16.5. The zero-order valence-electron chi connectivity index (χ0n) is 10.9. The van der Waals surface area contributed by atoms with Gasteiger partial charge in [-0.1, -0.05) is 12.1 Å². The summed E-state index contributed by atoms with van der Waals surface area (Å²) in [6, 6.07) is 13.4. The highest BCUT2D eigenvalue weighted by molar-refractivity contribution is 5.74. The van der Waals surface area contributed by atoms with Gasteiger partial charge >= 0.3 is 0 Å². The molecule has 0 fully saturated rings. The van der Waals surface area contributed by atoms with Crippen molar-refractivity contribution in [1.82, 2.24) is 0 Å². The molecule has 2 aromatic carbocycles. The van der Waals surface area contributed by atoms with Crippen LogP contribution in [-0.4, -0.2) is 18.8 Å². The number of aliphatic hydroxyl groups excluding tert-OH is 1. The molecule has 0 radical (unpaired) electrons. The maximum absolute atomic E-state index is 8.95. The average Bonchev–Trinajstić information content (AvgIpc) is 2.42. The number of hydrogen-bond donors (Lipinski definition) is 3. The van der Waals surface area contributed by atoms with E-state index in [4.69, 9.17) is 15.6 Å². The van der Waals surface area contributed by atoms with E-state index < -0.39 is 0 Å². The maximum Gasteiger partial charge on any atom is 0.121 e. The Labute approximate surface area is 112 Å². The molecule has 4 heteroatoms. The highest BCUT2D eigenvalue weighted by Gasteiger charge is 2.02. The first-order chi connectivity index (χ1) is 9.22. The fraction of sp³-hybridized carbons (Fsp3) is 0.200. The number of rotatable bonds is 5. The molecule has 4 N–H and O–H groups in total. The van der Waals surface area contributed by atoms with Crippen LogP contribution >= 0.6 is 0 Å². The summed E-state index contributed by atoms with van der Waals surface area (Å²) in [6.07, 6.45) is 0.646. The van der Waals surface area contributed by atoms with Gasteiger partial charge in [-0.25, -0.2) is 0 Å². The van der Waals surface area contributed by atoms with E-state index in [0.29, 0.717) is 12.1 Å². The van der Waals surface area contributed by atoms with Gasteiger partial charge in [-0.3, -0.25) is 0 Å². The molecule has 0 spiro atoms. The Balaban J connectivity index is 2.18. The van der Waals surface area contributed by atoms with Gasteiger partial charge in [-0.15, -0.1) is 0 Å². The molecule has 0 atom stereocenters. The Morgan fingerprint density at radius 1 is 1.21 bits per heavy atom. The second kappa shape index (κ2) is 6.11. The summed E-state index contributed by atoms with van der Waals surface area (Å²) >= 11 is 0. The lowest BCUT2D eigenvalue weighted by Crippen LogP contribution is -1.98. The predicted octanol–water partition coefficient (Wildman–Crippen LogP) is 2.56. The zero-order chi connectivity index (χ0) is 13.7. The largest absolute Gasteiger partial charge is 0.497 e. The van der Waals surface area contributed by atoms with E-state index in [2.05, 4.69) is 5.32 Å². The molecule has 100 valence electrons. The quantitative estimate of drug-likeness (QED) is 0.721. The van der Waals surface area contributed by atoms with E-state index >= 15 is 0 Å². The van der Waals surface area contributed by atoms with Gasteiger partial charge < -0.3 is 20.9 Å². The smallest absolute Gasteiger partial charge is 0.121 e. The van der Waals surface area contributed by atoms with Gasteiger partial charge in [0.2, 0.25) is 0 Å². The lowest BCUT2D eigenvalue weighted by atomic mass is 10.1. The number of nitrogens with one attached hydrogen (secondary N) is 1. The van der Waals surface area contributed by atoms with Gasteiger partial charge in [0.05, 0.1) is 18.5 Å². The molecule has 0 unspecified atom stereocenters. The van der Waals surface area contributed by atoms with Crippen LogP contribution in [0.2, 0.25) is 0 Å². The van der Waals surface area contributed by atoms with E-state index in [1.165, 1.54) is 0 Å². The fourth-order valence-corrected chi connectivity index (χ4v) is 1.87. The minimum atomic E-state index is 0.147. The first-order valence-corrected chi connectivity index (χ1v) is 6.13. The highest BCUT2D eigenvalue weighted by Crippen LogP contribution is 2.27. The van der Waals surface area contributed by atoms with E-state index in [1.54, 1.807) is 13.2 Å². The van der Waals surface area contributed by atoms with Crippen molar-refractivity contribution in [3.8, 4) is 5.75 Å². The van der Waals surface area contributed by atoms with Gasteiger partial charge in [0.1, 0.15) is 5.75 Å². The summed E-state index contributed by atoms with van der Waals surface area (Å²) in [7, 11) is 1.61. The third-order valence-electron chi connectivity index (χ3n) is 2.87. The van der Waals surface area contributed by atoms with Crippen molar-refractivity contribution in [2.24, 2.45) is 0 Å². The maximum atomic E-state index is 8.95. The minimum Gasteiger partial charge on any atom is -0.497 e. The van der Waals surface area contributed by atoms with Crippen molar-refractivity contribution in [2.75, 3.05) is 24.8 Å². The lowest BCUT2D eigenvalue weighted by molar-refractivity contribution is 0.299. The van der Waals surface area contributed by atoms with Crippen LogP contribution in [0.3, 0.4) is 0 Å². The minimum absolute atomic E-state index is 0.147. The Morgan fingerprint density at radius 2 is 2.05 bits per heavy atom. The molecular formula is C15H18N2O2. The number of anilines is 3. The first kappa shape index (κ1) is 13.2. The monoisotopic (exact) mass is 258 g/mol. The molecule has 0 aliphatic carbocycles. The molecule has 2 rings (SSSR count). The van der Waals surface area contributed by atoms with E-state index in [9.17, 15) is 0 Å². The summed E-state index contributed by atoms with van der Waals surface area (Å²) < 4.78 is 5.12. The van der Waals surface area contributed by atoms with Crippen LogP contribution < -0.4 is 15.8 Å². The molecule has 0 saturated heterocycles. The van der Waals surface area contributed by atoms with Crippen LogP contribution in [0.15, 0.2) is 42.5 Å². The topological polar surface area (TPSA) is 67.5 Å². The van der Waals surface area contributed by atoms with Gasteiger partial charge in [-0.2, -0.15) is 0 Å². The van der Waals surface area contributed by atoms with Gasteiger partial charge in [-0.05, 0) is 36.2 Å². The van der Waals surface area contributed by atoms with Crippen LogP contribution in [0.1, 0.15) is 5.56 Å². The number of ether oxygens (including phenoxy) is 1. The molecule has 0 aliphatic rings. The van der Waals surface area contributed by atoms with E-state index in [0.717, 1.165) is 22.7 Å². The number of hydrogen-bond acceptors (Lipinski definition) is 4. The molecule has 19 heavy (non-hydrogen) atoms. The normalized spacial score (nSPS) is 10.2. The third-order valence-corrected chi connectivity index (χ3v) is 2.87.